The maximum Gasteiger partial charge on any atom is 0.129 e. The van der Waals surface area contributed by atoms with Gasteiger partial charge in [-0.1, -0.05) is 0 Å². The van der Waals surface area contributed by atoms with Gasteiger partial charge in [-0.25, -0.2) is 4.98 Å². The maximum atomic E-state index is 5.95. The van der Waals surface area contributed by atoms with Gasteiger partial charge in [0.1, 0.15) is 5.82 Å². The van der Waals surface area contributed by atoms with Crippen LogP contribution in [0, 0.1) is 12.3 Å². The number of rotatable bonds is 3. The number of aryl methyl sites for hydroxylation is 1. The molecule has 0 amide bonds. The summed E-state index contributed by atoms with van der Waals surface area (Å²) in [5.74, 6) is 1.20. The second-order valence-electron chi connectivity index (χ2n) is 8.59. The Labute approximate surface area is 138 Å². The zero-order valence-electron chi connectivity index (χ0n) is 14.1. The van der Waals surface area contributed by atoms with Crippen LogP contribution in [0.25, 0.3) is 0 Å². The van der Waals surface area contributed by atoms with Gasteiger partial charge >= 0.3 is 0 Å². The molecule has 4 nitrogen and oxygen atoms in total. The van der Waals surface area contributed by atoms with Crippen molar-refractivity contribution < 1.29 is 0 Å². The van der Waals surface area contributed by atoms with Crippen molar-refractivity contribution in [2.24, 2.45) is 11.1 Å². The highest BCUT2D eigenvalue weighted by Crippen LogP contribution is 2.56. The van der Waals surface area contributed by atoms with Crippen LogP contribution in [0.2, 0.25) is 0 Å². The molecule has 3 N–H and O–H groups in total. The van der Waals surface area contributed by atoms with Crippen molar-refractivity contribution in [1.82, 2.24) is 4.98 Å². The van der Waals surface area contributed by atoms with Crippen LogP contribution >= 0.6 is 0 Å². The van der Waals surface area contributed by atoms with Crippen LogP contribution in [-0.2, 0) is 0 Å². The fraction of sp³-hybridized carbons (Fsp3) is 0.737. The van der Waals surface area contributed by atoms with Gasteiger partial charge in [-0.15, -0.1) is 0 Å². The minimum Gasteiger partial charge on any atom is -0.381 e. The second kappa shape index (κ2) is 4.85. The first-order valence-corrected chi connectivity index (χ1v) is 9.40. The van der Waals surface area contributed by atoms with E-state index in [0.29, 0.717) is 17.5 Å². The molecule has 2 bridgehead atoms. The van der Waals surface area contributed by atoms with Crippen LogP contribution in [0.5, 0.6) is 0 Å². The molecule has 4 fully saturated rings. The second-order valence-corrected chi connectivity index (χ2v) is 8.59. The Hall–Kier alpha value is -1.29. The van der Waals surface area contributed by atoms with Crippen molar-refractivity contribution in [2.75, 3.05) is 10.2 Å². The van der Waals surface area contributed by atoms with Crippen molar-refractivity contribution in [3.05, 3.63) is 17.8 Å². The molecule has 1 aromatic heterocycles. The molecule has 124 valence electrons. The molecule has 0 aromatic carbocycles. The van der Waals surface area contributed by atoms with Gasteiger partial charge in [-0.3, -0.25) is 0 Å². The van der Waals surface area contributed by atoms with Gasteiger partial charge < -0.3 is 16.0 Å². The minimum atomic E-state index is 0.467. The molecular formula is C19H28N4. The predicted molar refractivity (Wildman–Crippen MR) is 93.8 cm³/mol. The zero-order valence-corrected chi connectivity index (χ0v) is 14.1. The third-order valence-electron chi connectivity index (χ3n) is 6.90. The minimum absolute atomic E-state index is 0.467. The van der Waals surface area contributed by atoms with Gasteiger partial charge in [-0.05, 0) is 75.8 Å². The summed E-state index contributed by atoms with van der Waals surface area (Å²) >= 11 is 0. The largest absolute Gasteiger partial charge is 0.381 e. The predicted octanol–water partition coefficient (Wildman–Crippen LogP) is 3.20. The standard InChI is InChI=1S/C19H28N4/c1-12-17(22-14-10-19(11-14)8-13(20)9-19)6-7-18(21-12)23-15-2-3-16(23)5-4-15/h6-7,13-16,22H,2-5,8-11,20H2,1H3. The highest BCUT2D eigenvalue weighted by Gasteiger charge is 2.51. The van der Waals surface area contributed by atoms with Gasteiger partial charge in [0.2, 0.25) is 0 Å². The van der Waals surface area contributed by atoms with Crippen molar-refractivity contribution in [3.8, 4) is 0 Å². The van der Waals surface area contributed by atoms with Crippen molar-refractivity contribution in [2.45, 2.75) is 82.5 Å². The Morgan fingerprint density at radius 1 is 1.09 bits per heavy atom. The van der Waals surface area contributed by atoms with E-state index in [9.17, 15) is 0 Å². The Balaban J connectivity index is 1.26. The van der Waals surface area contributed by atoms with E-state index >= 15 is 0 Å². The van der Waals surface area contributed by atoms with E-state index in [4.69, 9.17) is 10.7 Å². The maximum absolute atomic E-state index is 5.95. The van der Waals surface area contributed by atoms with Crippen LogP contribution in [-0.4, -0.2) is 29.2 Å². The Bertz CT molecular complexity index is 594. The first-order chi connectivity index (χ1) is 11.1. The lowest BCUT2D eigenvalue weighted by molar-refractivity contribution is 0.00118. The third kappa shape index (κ3) is 2.18. The quantitative estimate of drug-likeness (QED) is 0.900. The van der Waals surface area contributed by atoms with E-state index in [0.717, 1.165) is 17.8 Å². The number of hydrogen-bond acceptors (Lipinski definition) is 4. The Kier molecular flexibility index (Phi) is 2.97. The molecule has 2 saturated carbocycles. The van der Waals surface area contributed by atoms with Crippen LogP contribution in [0.15, 0.2) is 12.1 Å². The van der Waals surface area contributed by atoms with E-state index in [1.807, 2.05) is 0 Å². The Morgan fingerprint density at radius 2 is 1.74 bits per heavy atom. The summed E-state index contributed by atoms with van der Waals surface area (Å²) in [7, 11) is 0. The van der Waals surface area contributed by atoms with Crippen molar-refractivity contribution in [1.29, 1.82) is 0 Å². The van der Waals surface area contributed by atoms with Crippen LogP contribution in [0.3, 0.4) is 0 Å². The van der Waals surface area contributed by atoms with Crippen molar-refractivity contribution in [3.63, 3.8) is 0 Å². The first kappa shape index (κ1) is 14.1. The summed E-state index contributed by atoms with van der Waals surface area (Å²) in [6, 6.07) is 7.08. The molecule has 4 aliphatic rings. The van der Waals surface area contributed by atoms with Gasteiger partial charge in [0.25, 0.3) is 0 Å². The number of fused-ring (bicyclic) bond motifs is 2. The zero-order chi connectivity index (χ0) is 15.6. The van der Waals surface area contributed by atoms with E-state index in [-0.39, 0.29) is 0 Å². The van der Waals surface area contributed by atoms with Gasteiger partial charge in [0.15, 0.2) is 0 Å². The molecule has 0 atom stereocenters. The number of nitrogens with two attached hydrogens (primary N) is 1. The summed E-state index contributed by atoms with van der Waals surface area (Å²) in [5.41, 5.74) is 8.92. The fourth-order valence-electron chi connectivity index (χ4n) is 5.82. The number of nitrogens with one attached hydrogen (secondary N) is 1. The van der Waals surface area contributed by atoms with Gasteiger partial charge in [-0.2, -0.15) is 0 Å². The average molecular weight is 312 g/mol. The number of pyridine rings is 1. The van der Waals surface area contributed by atoms with E-state index in [2.05, 4.69) is 29.3 Å². The molecule has 1 spiro atoms. The van der Waals surface area contributed by atoms with E-state index in [1.54, 1.807) is 0 Å². The molecule has 4 heteroatoms. The van der Waals surface area contributed by atoms with Crippen LogP contribution in [0.4, 0.5) is 11.5 Å². The Morgan fingerprint density at radius 3 is 2.30 bits per heavy atom. The molecule has 0 radical (unpaired) electrons. The number of aromatic nitrogens is 1. The molecule has 2 saturated heterocycles. The average Bonchev–Trinajstić information content (AvgIpc) is 3.05. The molecule has 5 rings (SSSR count). The molecular weight excluding hydrogens is 284 g/mol. The monoisotopic (exact) mass is 312 g/mol. The summed E-state index contributed by atoms with van der Waals surface area (Å²) in [6.07, 6.45) is 10.5. The molecule has 3 heterocycles. The van der Waals surface area contributed by atoms with Crippen molar-refractivity contribution >= 4 is 11.5 Å². The van der Waals surface area contributed by atoms with E-state index < -0.39 is 0 Å². The lowest BCUT2D eigenvalue weighted by atomic mass is 9.52. The highest BCUT2D eigenvalue weighted by atomic mass is 15.3. The SMILES string of the molecule is Cc1nc(N2C3CCC2CC3)ccc1NC1CC2(CC(N)C2)C1. The molecule has 2 aliphatic heterocycles. The summed E-state index contributed by atoms with van der Waals surface area (Å²) < 4.78 is 0. The van der Waals surface area contributed by atoms with E-state index in [1.165, 1.54) is 62.9 Å². The summed E-state index contributed by atoms with van der Waals surface area (Å²) in [5, 5.41) is 3.72. The lowest BCUT2D eigenvalue weighted by Gasteiger charge is -2.57. The fourth-order valence-corrected chi connectivity index (χ4v) is 5.82. The van der Waals surface area contributed by atoms with Crippen LogP contribution in [0.1, 0.15) is 57.1 Å². The first-order valence-electron chi connectivity index (χ1n) is 9.40. The molecule has 23 heavy (non-hydrogen) atoms. The highest BCUT2D eigenvalue weighted by molar-refractivity contribution is 5.56. The van der Waals surface area contributed by atoms with Crippen LogP contribution < -0.4 is 16.0 Å². The topological polar surface area (TPSA) is 54.2 Å². The summed E-state index contributed by atoms with van der Waals surface area (Å²) in [4.78, 5) is 7.52. The molecule has 1 aromatic rings. The normalized spacial score (nSPS) is 41.0. The number of anilines is 2. The van der Waals surface area contributed by atoms with Gasteiger partial charge in [0.05, 0.1) is 11.4 Å². The number of nitrogens with zero attached hydrogens (tertiary/aromatic N) is 2. The molecule has 2 aliphatic carbocycles. The molecule has 0 unspecified atom stereocenters. The lowest BCUT2D eigenvalue weighted by Crippen LogP contribution is -2.57. The smallest absolute Gasteiger partial charge is 0.129 e. The summed E-state index contributed by atoms with van der Waals surface area (Å²) in [6.45, 7) is 2.15. The number of hydrogen-bond donors (Lipinski definition) is 2. The van der Waals surface area contributed by atoms with Gasteiger partial charge in [0, 0.05) is 24.2 Å². The third-order valence-corrected chi connectivity index (χ3v) is 6.90.